The van der Waals surface area contributed by atoms with Crippen LogP contribution in [0.1, 0.15) is 26.2 Å². The third-order valence-electron chi connectivity index (χ3n) is 2.85. The van der Waals surface area contributed by atoms with Crippen molar-refractivity contribution in [3.63, 3.8) is 0 Å². The Balaban J connectivity index is 2.08. The molecule has 15 heavy (non-hydrogen) atoms. The fourth-order valence-electron chi connectivity index (χ4n) is 1.90. The average Bonchev–Trinajstić information content (AvgIpc) is 2.95. The van der Waals surface area contributed by atoms with Crippen molar-refractivity contribution in [1.29, 1.82) is 0 Å². The van der Waals surface area contributed by atoms with Gasteiger partial charge in [0.05, 0.1) is 0 Å². The lowest BCUT2D eigenvalue weighted by molar-refractivity contribution is 0.610. The zero-order valence-electron chi connectivity index (χ0n) is 8.76. The van der Waals surface area contributed by atoms with Crippen LogP contribution in [0.4, 0.5) is 10.1 Å². The summed E-state index contributed by atoms with van der Waals surface area (Å²) in [6, 6.07) is 5.06. The topological polar surface area (TPSA) is 12.0 Å². The lowest BCUT2D eigenvalue weighted by atomic mass is 10.1. The van der Waals surface area contributed by atoms with E-state index >= 15 is 0 Å². The van der Waals surface area contributed by atoms with Crippen molar-refractivity contribution in [2.75, 3.05) is 5.32 Å². The van der Waals surface area contributed by atoms with Gasteiger partial charge in [-0.3, -0.25) is 0 Å². The molecule has 2 rings (SSSR count). The normalized spacial score (nSPS) is 17.5. The summed E-state index contributed by atoms with van der Waals surface area (Å²) in [4.78, 5) is 0. The summed E-state index contributed by atoms with van der Waals surface area (Å²) in [6.07, 6.45) is 3.64. The summed E-state index contributed by atoms with van der Waals surface area (Å²) in [5.41, 5.74) is 0.791. The van der Waals surface area contributed by atoms with Crippen LogP contribution in [0.15, 0.2) is 18.2 Å². The average molecular weight is 228 g/mol. The van der Waals surface area contributed by atoms with Gasteiger partial charge in [0.2, 0.25) is 0 Å². The van der Waals surface area contributed by atoms with Gasteiger partial charge in [0.1, 0.15) is 5.82 Å². The summed E-state index contributed by atoms with van der Waals surface area (Å²) in [7, 11) is 0. The first-order valence-corrected chi connectivity index (χ1v) is 5.79. The van der Waals surface area contributed by atoms with Crippen molar-refractivity contribution in [2.45, 2.75) is 32.2 Å². The molecule has 0 radical (unpaired) electrons. The molecule has 1 N–H and O–H groups in total. The van der Waals surface area contributed by atoms with E-state index in [1.807, 2.05) is 0 Å². The molecular weight excluding hydrogens is 213 g/mol. The molecule has 1 fully saturated rings. The molecule has 1 unspecified atom stereocenters. The number of hydrogen-bond donors (Lipinski definition) is 1. The predicted octanol–water partition coefficient (Wildman–Crippen LogP) is 4.08. The van der Waals surface area contributed by atoms with Crippen molar-refractivity contribution in [2.24, 2.45) is 5.92 Å². The van der Waals surface area contributed by atoms with E-state index in [-0.39, 0.29) is 5.82 Å². The third kappa shape index (κ3) is 2.85. The van der Waals surface area contributed by atoms with Gasteiger partial charge in [-0.15, -0.1) is 0 Å². The molecule has 1 nitrogen and oxygen atoms in total. The fourth-order valence-corrected chi connectivity index (χ4v) is 2.12. The molecule has 3 heteroatoms. The van der Waals surface area contributed by atoms with Gasteiger partial charge < -0.3 is 5.32 Å². The van der Waals surface area contributed by atoms with Gasteiger partial charge in [-0.1, -0.05) is 18.5 Å². The van der Waals surface area contributed by atoms with Gasteiger partial charge in [-0.25, -0.2) is 4.39 Å². The first-order chi connectivity index (χ1) is 7.19. The van der Waals surface area contributed by atoms with Crippen LogP contribution in [0, 0.1) is 11.7 Å². The Morgan fingerprint density at radius 1 is 1.47 bits per heavy atom. The van der Waals surface area contributed by atoms with E-state index < -0.39 is 0 Å². The number of benzene rings is 1. The highest BCUT2D eigenvalue weighted by molar-refractivity contribution is 6.30. The standard InChI is InChI=1S/C12H15ClFN/c1-2-12(8-3-4-8)15-11-6-9(13)5-10(14)7-11/h5-8,12,15H,2-4H2,1H3. The van der Waals surface area contributed by atoms with E-state index in [0.29, 0.717) is 11.1 Å². The van der Waals surface area contributed by atoms with E-state index in [0.717, 1.165) is 18.0 Å². The highest BCUT2D eigenvalue weighted by atomic mass is 35.5. The molecule has 1 saturated carbocycles. The van der Waals surface area contributed by atoms with Gasteiger partial charge in [-0.2, -0.15) is 0 Å². The first kappa shape index (κ1) is 10.7. The molecule has 1 aromatic rings. The molecule has 82 valence electrons. The second-order valence-electron chi connectivity index (χ2n) is 4.15. The van der Waals surface area contributed by atoms with Crippen LogP contribution >= 0.6 is 11.6 Å². The monoisotopic (exact) mass is 227 g/mol. The van der Waals surface area contributed by atoms with Gasteiger partial charge in [0.25, 0.3) is 0 Å². The van der Waals surface area contributed by atoms with Gasteiger partial charge in [0.15, 0.2) is 0 Å². The molecule has 1 aromatic carbocycles. The zero-order chi connectivity index (χ0) is 10.8. The van der Waals surface area contributed by atoms with Gasteiger partial charge in [0, 0.05) is 16.8 Å². The highest BCUT2D eigenvalue weighted by Crippen LogP contribution is 2.35. The van der Waals surface area contributed by atoms with E-state index in [2.05, 4.69) is 12.2 Å². The summed E-state index contributed by atoms with van der Waals surface area (Å²) in [5, 5.41) is 3.80. The van der Waals surface area contributed by atoms with Crippen molar-refractivity contribution in [3.8, 4) is 0 Å². The van der Waals surface area contributed by atoms with E-state index in [1.165, 1.54) is 25.0 Å². The fraction of sp³-hybridized carbons (Fsp3) is 0.500. The van der Waals surface area contributed by atoms with Crippen LogP contribution in [0.5, 0.6) is 0 Å². The minimum Gasteiger partial charge on any atom is -0.382 e. The minimum absolute atomic E-state index is 0.282. The molecule has 1 aliphatic rings. The van der Waals surface area contributed by atoms with E-state index in [4.69, 9.17) is 11.6 Å². The second-order valence-corrected chi connectivity index (χ2v) is 4.59. The summed E-state index contributed by atoms with van der Waals surface area (Å²) < 4.78 is 13.1. The van der Waals surface area contributed by atoms with Crippen LogP contribution in [0.25, 0.3) is 0 Å². The number of hydrogen-bond acceptors (Lipinski definition) is 1. The Morgan fingerprint density at radius 2 is 2.20 bits per heavy atom. The molecular formula is C12H15ClFN. The Hall–Kier alpha value is -0.760. The molecule has 0 amide bonds. The summed E-state index contributed by atoms with van der Waals surface area (Å²) >= 11 is 5.79. The number of halogens is 2. The van der Waals surface area contributed by atoms with E-state index in [1.54, 1.807) is 6.07 Å². The van der Waals surface area contributed by atoms with Crippen LogP contribution in [-0.2, 0) is 0 Å². The Labute approximate surface area is 94.6 Å². The summed E-state index contributed by atoms with van der Waals surface area (Å²) in [6.45, 7) is 2.15. The lowest BCUT2D eigenvalue weighted by Gasteiger charge is -2.17. The molecule has 0 aromatic heterocycles. The van der Waals surface area contributed by atoms with Crippen molar-refractivity contribution in [1.82, 2.24) is 0 Å². The molecule has 0 aliphatic heterocycles. The lowest BCUT2D eigenvalue weighted by Crippen LogP contribution is -2.20. The largest absolute Gasteiger partial charge is 0.382 e. The van der Waals surface area contributed by atoms with E-state index in [9.17, 15) is 4.39 Å². The first-order valence-electron chi connectivity index (χ1n) is 5.41. The maximum atomic E-state index is 13.1. The second kappa shape index (κ2) is 4.40. The molecule has 1 atom stereocenters. The van der Waals surface area contributed by atoms with Gasteiger partial charge in [-0.05, 0) is 43.4 Å². The van der Waals surface area contributed by atoms with Crippen molar-refractivity contribution < 1.29 is 4.39 Å². The van der Waals surface area contributed by atoms with Crippen LogP contribution in [-0.4, -0.2) is 6.04 Å². The quantitative estimate of drug-likeness (QED) is 0.817. The highest BCUT2D eigenvalue weighted by Gasteiger charge is 2.29. The number of rotatable bonds is 4. The van der Waals surface area contributed by atoms with Gasteiger partial charge >= 0.3 is 0 Å². The minimum atomic E-state index is -0.282. The molecule has 0 spiro atoms. The predicted molar refractivity (Wildman–Crippen MR) is 61.8 cm³/mol. The Morgan fingerprint density at radius 3 is 2.73 bits per heavy atom. The molecule has 0 saturated heterocycles. The van der Waals surface area contributed by atoms with Crippen LogP contribution in [0.2, 0.25) is 5.02 Å². The Bertz CT molecular complexity index is 329. The summed E-state index contributed by atoms with van der Waals surface area (Å²) in [5.74, 6) is 0.479. The number of anilines is 1. The van der Waals surface area contributed by atoms with Crippen LogP contribution in [0.3, 0.4) is 0 Å². The molecule has 0 heterocycles. The molecule has 0 bridgehead atoms. The SMILES string of the molecule is CCC(Nc1cc(F)cc(Cl)c1)C1CC1. The maximum absolute atomic E-state index is 13.1. The number of nitrogens with one attached hydrogen (secondary N) is 1. The van der Waals surface area contributed by atoms with Crippen molar-refractivity contribution in [3.05, 3.63) is 29.0 Å². The zero-order valence-corrected chi connectivity index (χ0v) is 9.52. The third-order valence-corrected chi connectivity index (χ3v) is 3.06. The Kier molecular flexibility index (Phi) is 3.15. The van der Waals surface area contributed by atoms with Crippen molar-refractivity contribution >= 4 is 17.3 Å². The smallest absolute Gasteiger partial charge is 0.126 e. The molecule has 1 aliphatic carbocycles. The van der Waals surface area contributed by atoms with Crippen LogP contribution < -0.4 is 5.32 Å². The maximum Gasteiger partial charge on any atom is 0.126 e.